The van der Waals surface area contributed by atoms with Crippen LogP contribution in [0.25, 0.3) is 17.4 Å². The van der Waals surface area contributed by atoms with Gasteiger partial charge in [-0.05, 0) is 37.1 Å². The van der Waals surface area contributed by atoms with E-state index in [1.165, 1.54) is 31.4 Å². The third-order valence-corrected chi connectivity index (χ3v) is 4.46. The summed E-state index contributed by atoms with van der Waals surface area (Å²) in [5, 5.41) is 23.3. The van der Waals surface area contributed by atoms with Crippen molar-refractivity contribution < 1.29 is 23.6 Å². The second kappa shape index (κ2) is 9.03. The number of furan rings is 1. The first-order valence-electron chi connectivity index (χ1n) is 8.96. The minimum Gasteiger partial charge on any atom is -0.497 e. The van der Waals surface area contributed by atoms with Crippen LogP contribution in [-0.4, -0.2) is 37.2 Å². The van der Waals surface area contributed by atoms with Gasteiger partial charge in [0.05, 0.1) is 29.8 Å². The lowest BCUT2D eigenvalue weighted by atomic mass is 10.1. The van der Waals surface area contributed by atoms with Crippen molar-refractivity contribution in [1.29, 1.82) is 5.26 Å². The predicted molar refractivity (Wildman–Crippen MR) is 103 cm³/mol. The summed E-state index contributed by atoms with van der Waals surface area (Å²) in [5.41, 5.74) is -0.0473. The molecular weight excluding hydrogens is 378 g/mol. The molecule has 0 saturated carbocycles. The maximum absolute atomic E-state index is 12.2. The Balaban J connectivity index is 1.78. The van der Waals surface area contributed by atoms with Crippen LogP contribution >= 0.6 is 0 Å². The summed E-state index contributed by atoms with van der Waals surface area (Å²) in [4.78, 5) is 23.0. The molecule has 1 saturated heterocycles. The average molecular weight is 397 g/mol. The van der Waals surface area contributed by atoms with Gasteiger partial charge < -0.3 is 19.2 Å². The molecule has 1 aromatic heterocycles. The number of nitriles is 1. The molecule has 9 nitrogen and oxygen atoms in total. The van der Waals surface area contributed by atoms with Gasteiger partial charge in [0.25, 0.3) is 11.6 Å². The quantitative estimate of drug-likeness (QED) is 0.329. The highest BCUT2D eigenvalue weighted by Gasteiger charge is 2.20. The zero-order chi connectivity index (χ0) is 20.8. The van der Waals surface area contributed by atoms with Crippen molar-refractivity contribution in [3.05, 3.63) is 51.8 Å². The molecule has 0 radical (unpaired) electrons. The van der Waals surface area contributed by atoms with Crippen molar-refractivity contribution >= 4 is 17.7 Å². The Labute approximate surface area is 166 Å². The molecule has 2 heterocycles. The standard InChI is InChI=1S/C20H19N3O6/c1-27-14-4-6-17(18(10-14)23(25)26)19-7-5-15(29-19)9-13(11-21)20(24)22-12-16-3-2-8-28-16/h4-7,9-10,16H,2-3,8,12H2,1H3,(H,22,24)/b13-9+/t16-/m0/s1. The molecule has 0 unspecified atom stereocenters. The average Bonchev–Trinajstić information content (AvgIpc) is 3.41. The SMILES string of the molecule is COc1ccc(-c2ccc(/C=C(\C#N)C(=O)NC[C@@H]3CCCO3)o2)c([N+](=O)[O-])c1. The van der Waals surface area contributed by atoms with Crippen LogP contribution in [0.5, 0.6) is 5.75 Å². The van der Waals surface area contributed by atoms with E-state index in [2.05, 4.69) is 5.32 Å². The highest BCUT2D eigenvalue weighted by Crippen LogP contribution is 2.34. The monoisotopic (exact) mass is 397 g/mol. The molecule has 1 aromatic carbocycles. The predicted octanol–water partition coefficient (Wildman–Crippen LogP) is 3.07. The number of benzene rings is 1. The Hall–Kier alpha value is -3.64. The van der Waals surface area contributed by atoms with E-state index < -0.39 is 10.8 Å². The number of carbonyl (C=O) groups excluding carboxylic acids is 1. The summed E-state index contributed by atoms with van der Waals surface area (Å²) >= 11 is 0. The van der Waals surface area contributed by atoms with Crippen molar-refractivity contribution in [1.82, 2.24) is 5.32 Å². The van der Waals surface area contributed by atoms with Crippen molar-refractivity contribution in [3.63, 3.8) is 0 Å². The number of amides is 1. The van der Waals surface area contributed by atoms with Gasteiger partial charge in [-0.3, -0.25) is 14.9 Å². The number of hydrogen-bond acceptors (Lipinski definition) is 7. The smallest absolute Gasteiger partial charge is 0.284 e. The minimum absolute atomic E-state index is 0.0373. The topological polar surface area (TPSA) is 128 Å². The second-order valence-electron chi connectivity index (χ2n) is 6.36. The molecule has 0 aliphatic carbocycles. The summed E-state index contributed by atoms with van der Waals surface area (Å²) in [6.07, 6.45) is 3.08. The van der Waals surface area contributed by atoms with Crippen molar-refractivity contribution in [2.45, 2.75) is 18.9 Å². The summed E-state index contributed by atoms with van der Waals surface area (Å²) in [6, 6.07) is 9.32. The molecule has 0 bridgehead atoms. The lowest BCUT2D eigenvalue weighted by Crippen LogP contribution is -2.32. The largest absolute Gasteiger partial charge is 0.497 e. The molecule has 1 aliphatic rings. The van der Waals surface area contributed by atoms with Gasteiger partial charge in [0.1, 0.15) is 28.9 Å². The fraction of sp³-hybridized carbons (Fsp3) is 0.300. The van der Waals surface area contributed by atoms with Crippen molar-refractivity contribution in [2.75, 3.05) is 20.3 Å². The Morgan fingerprint density at radius 1 is 1.45 bits per heavy atom. The van der Waals surface area contributed by atoms with E-state index in [0.29, 0.717) is 18.9 Å². The molecular formula is C20H19N3O6. The van der Waals surface area contributed by atoms with Crippen LogP contribution in [0, 0.1) is 21.4 Å². The number of nitro groups is 1. The van der Waals surface area contributed by atoms with Crippen LogP contribution in [0.3, 0.4) is 0 Å². The minimum atomic E-state index is -0.533. The molecule has 150 valence electrons. The number of carbonyl (C=O) groups is 1. The van der Waals surface area contributed by atoms with Crippen LogP contribution in [0.2, 0.25) is 0 Å². The van der Waals surface area contributed by atoms with E-state index in [-0.39, 0.29) is 34.4 Å². The number of hydrogen-bond donors (Lipinski definition) is 1. The second-order valence-corrected chi connectivity index (χ2v) is 6.36. The summed E-state index contributed by atoms with van der Waals surface area (Å²) in [7, 11) is 1.42. The van der Waals surface area contributed by atoms with Crippen LogP contribution in [-0.2, 0) is 9.53 Å². The number of nitrogens with zero attached hydrogens (tertiary/aromatic N) is 2. The van der Waals surface area contributed by atoms with Crippen LogP contribution in [0.1, 0.15) is 18.6 Å². The van der Waals surface area contributed by atoms with E-state index in [1.807, 2.05) is 6.07 Å². The van der Waals surface area contributed by atoms with Crippen molar-refractivity contribution in [3.8, 4) is 23.1 Å². The third-order valence-electron chi connectivity index (χ3n) is 4.46. The molecule has 1 aliphatic heterocycles. The molecule has 3 rings (SSSR count). The molecule has 0 spiro atoms. The maximum atomic E-state index is 12.2. The number of ether oxygens (including phenoxy) is 2. The molecule has 1 fully saturated rings. The summed E-state index contributed by atoms with van der Waals surface area (Å²) in [6.45, 7) is 1.01. The maximum Gasteiger partial charge on any atom is 0.284 e. The summed E-state index contributed by atoms with van der Waals surface area (Å²) in [5.74, 6) is 0.287. The lowest BCUT2D eigenvalue weighted by molar-refractivity contribution is -0.384. The van der Waals surface area contributed by atoms with E-state index >= 15 is 0 Å². The van der Waals surface area contributed by atoms with Crippen LogP contribution in [0.15, 0.2) is 40.3 Å². The van der Waals surface area contributed by atoms with E-state index in [9.17, 15) is 20.2 Å². The fourth-order valence-electron chi connectivity index (χ4n) is 2.97. The Morgan fingerprint density at radius 2 is 2.28 bits per heavy atom. The summed E-state index contributed by atoms with van der Waals surface area (Å²) < 4.78 is 16.1. The molecule has 29 heavy (non-hydrogen) atoms. The van der Waals surface area contributed by atoms with Gasteiger partial charge in [-0.1, -0.05) is 0 Å². The molecule has 1 amide bonds. The lowest BCUT2D eigenvalue weighted by Gasteiger charge is -2.09. The molecule has 1 N–H and O–H groups in total. The number of nitrogens with one attached hydrogen (secondary N) is 1. The number of nitro benzene ring substituents is 1. The van der Waals surface area contributed by atoms with Crippen LogP contribution < -0.4 is 10.1 Å². The van der Waals surface area contributed by atoms with Crippen LogP contribution in [0.4, 0.5) is 5.69 Å². The molecule has 9 heteroatoms. The van der Waals surface area contributed by atoms with Gasteiger partial charge in [0, 0.05) is 19.2 Å². The molecule has 1 atom stereocenters. The van der Waals surface area contributed by atoms with Crippen molar-refractivity contribution in [2.24, 2.45) is 0 Å². The zero-order valence-corrected chi connectivity index (χ0v) is 15.7. The Morgan fingerprint density at radius 3 is 2.93 bits per heavy atom. The van der Waals surface area contributed by atoms with Gasteiger partial charge in [-0.15, -0.1) is 0 Å². The number of methoxy groups -OCH3 is 1. The normalized spacial score (nSPS) is 16.3. The highest BCUT2D eigenvalue weighted by molar-refractivity contribution is 6.01. The third kappa shape index (κ3) is 4.80. The van der Waals surface area contributed by atoms with Gasteiger partial charge in [0.2, 0.25) is 0 Å². The zero-order valence-electron chi connectivity index (χ0n) is 15.7. The molecule has 2 aromatic rings. The number of rotatable bonds is 7. The fourth-order valence-corrected chi connectivity index (χ4v) is 2.97. The van der Waals surface area contributed by atoms with Gasteiger partial charge in [0.15, 0.2) is 0 Å². The Bertz CT molecular complexity index is 982. The first-order chi connectivity index (χ1) is 14.0. The Kier molecular flexibility index (Phi) is 6.26. The van der Waals surface area contributed by atoms with E-state index in [0.717, 1.165) is 12.8 Å². The van der Waals surface area contributed by atoms with E-state index in [4.69, 9.17) is 13.9 Å². The van der Waals surface area contributed by atoms with Gasteiger partial charge >= 0.3 is 0 Å². The van der Waals surface area contributed by atoms with E-state index in [1.54, 1.807) is 12.1 Å². The first kappa shape index (κ1) is 20.1. The highest BCUT2D eigenvalue weighted by atomic mass is 16.6. The van der Waals surface area contributed by atoms with Gasteiger partial charge in [-0.25, -0.2) is 0 Å². The first-order valence-corrected chi connectivity index (χ1v) is 8.96. The van der Waals surface area contributed by atoms with Gasteiger partial charge in [-0.2, -0.15) is 5.26 Å².